The van der Waals surface area contributed by atoms with E-state index < -0.39 is 0 Å². The lowest BCUT2D eigenvalue weighted by atomic mass is 10.2. The summed E-state index contributed by atoms with van der Waals surface area (Å²) in [6, 6.07) is 3.13. The van der Waals surface area contributed by atoms with Crippen LogP contribution in [-0.2, 0) is 7.05 Å². The van der Waals surface area contributed by atoms with Crippen molar-refractivity contribution in [2.45, 2.75) is 20.8 Å². The highest BCUT2D eigenvalue weighted by Gasteiger charge is 2.07. The molecule has 0 aliphatic heterocycles. The molecule has 2 rings (SSSR count). The highest BCUT2D eigenvalue weighted by molar-refractivity contribution is 6.31. The molecule has 0 saturated heterocycles. The molecule has 0 N–H and O–H groups in total. The molecule has 0 bridgehead atoms. The van der Waals surface area contributed by atoms with Gasteiger partial charge in [-0.2, -0.15) is 0 Å². The topological polar surface area (TPSA) is 4.93 Å². The van der Waals surface area contributed by atoms with Crippen LogP contribution in [0.1, 0.15) is 19.4 Å². The van der Waals surface area contributed by atoms with Crippen LogP contribution in [0.3, 0.4) is 0 Å². The van der Waals surface area contributed by atoms with E-state index in [0.717, 1.165) is 16.5 Å². The molecule has 0 unspecified atom stereocenters. The van der Waals surface area contributed by atoms with Crippen molar-refractivity contribution in [3.05, 3.63) is 34.7 Å². The Labute approximate surface area is 94.5 Å². The van der Waals surface area contributed by atoms with Crippen molar-refractivity contribution in [2.24, 2.45) is 7.05 Å². The van der Waals surface area contributed by atoms with Crippen LogP contribution in [0.15, 0.2) is 18.3 Å². The Bertz CT molecular complexity index is 432. The summed E-state index contributed by atoms with van der Waals surface area (Å²) in [4.78, 5) is 0. The summed E-state index contributed by atoms with van der Waals surface area (Å²) < 4.78 is 15.0. The first-order valence-corrected chi connectivity index (χ1v) is 5.38. The number of hydrogen-bond donors (Lipinski definition) is 0. The third kappa shape index (κ3) is 2.15. The van der Waals surface area contributed by atoms with Gasteiger partial charge >= 0.3 is 0 Å². The van der Waals surface area contributed by atoms with E-state index in [1.807, 2.05) is 38.6 Å². The SMILES string of the molecule is CC.Cc1cn(C)c2cc(F)c(Cl)cc12. The molecule has 0 spiro atoms. The van der Waals surface area contributed by atoms with E-state index in [1.54, 1.807) is 6.07 Å². The van der Waals surface area contributed by atoms with Gasteiger partial charge in [-0.05, 0) is 24.6 Å². The minimum absolute atomic E-state index is 0.182. The summed E-state index contributed by atoms with van der Waals surface area (Å²) >= 11 is 5.68. The Morgan fingerprint density at radius 2 is 1.87 bits per heavy atom. The molecule has 3 heteroatoms. The summed E-state index contributed by atoms with van der Waals surface area (Å²) in [5.41, 5.74) is 1.99. The number of nitrogens with zero attached hydrogens (tertiary/aromatic N) is 1. The lowest BCUT2D eigenvalue weighted by molar-refractivity contribution is 0.629. The van der Waals surface area contributed by atoms with Crippen LogP contribution < -0.4 is 0 Å². The van der Waals surface area contributed by atoms with Crippen LogP contribution in [0.4, 0.5) is 4.39 Å². The average Bonchev–Trinajstić information content (AvgIpc) is 2.48. The van der Waals surface area contributed by atoms with Gasteiger partial charge in [0.25, 0.3) is 0 Å². The molecule has 0 amide bonds. The number of aryl methyl sites for hydroxylation is 2. The first-order valence-electron chi connectivity index (χ1n) is 5.00. The molecule has 2 aromatic rings. The van der Waals surface area contributed by atoms with Crippen molar-refractivity contribution in [3.63, 3.8) is 0 Å². The third-order valence-corrected chi connectivity index (χ3v) is 2.52. The molecule has 0 fully saturated rings. The van der Waals surface area contributed by atoms with Gasteiger partial charge in [-0.15, -0.1) is 0 Å². The second kappa shape index (κ2) is 4.67. The maximum Gasteiger partial charge on any atom is 0.143 e. The fourth-order valence-electron chi connectivity index (χ4n) is 1.57. The van der Waals surface area contributed by atoms with Crippen LogP contribution in [0.5, 0.6) is 0 Å². The van der Waals surface area contributed by atoms with Crippen molar-refractivity contribution in [2.75, 3.05) is 0 Å². The summed E-state index contributed by atoms with van der Waals surface area (Å²) in [5.74, 6) is -0.365. The molecule has 0 radical (unpaired) electrons. The Hall–Kier alpha value is -1.02. The molecule has 0 aliphatic carbocycles. The second-order valence-electron chi connectivity index (χ2n) is 3.21. The minimum atomic E-state index is -0.365. The number of benzene rings is 1. The van der Waals surface area contributed by atoms with Crippen LogP contribution >= 0.6 is 11.6 Å². The molecule has 82 valence electrons. The summed E-state index contributed by atoms with van der Waals surface area (Å²) in [6.07, 6.45) is 1.96. The number of fused-ring (bicyclic) bond motifs is 1. The van der Waals surface area contributed by atoms with E-state index in [2.05, 4.69) is 0 Å². The standard InChI is InChI=1S/C10H9ClFN.C2H6/c1-6-5-13(2)10-4-9(12)8(11)3-7(6)10;1-2/h3-5H,1-2H3;1-2H3. The van der Waals surface area contributed by atoms with Crippen LogP contribution in [-0.4, -0.2) is 4.57 Å². The van der Waals surface area contributed by atoms with Crippen molar-refractivity contribution in [3.8, 4) is 0 Å². The van der Waals surface area contributed by atoms with Gasteiger partial charge in [0.1, 0.15) is 5.82 Å². The summed E-state index contributed by atoms with van der Waals surface area (Å²) in [5, 5.41) is 1.19. The predicted octanol–water partition coefficient (Wildman–Crippen LogP) is 4.31. The molecule has 0 saturated carbocycles. The number of aromatic nitrogens is 1. The van der Waals surface area contributed by atoms with Gasteiger partial charge in [0, 0.05) is 18.6 Å². The first-order chi connectivity index (χ1) is 7.09. The fourth-order valence-corrected chi connectivity index (χ4v) is 1.74. The minimum Gasteiger partial charge on any atom is -0.350 e. The van der Waals surface area contributed by atoms with Crippen molar-refractivity contribution < 1.29 is 4.39 Å². The van der Waals surface area contributed by atoms with Gasteiger partial charge in [-0.1, -0.05) is 25.4 Å². The van der Waals surface area contributed by atoms with Gasteiger partial charge in [-0.25, -0.2) is 4.39 Å². The lowest BCUT2D eigenvalue weighted by Gasteiger charge is -1.98. The van der Waals surface area contributed by atoms with Gasteiger partial charge in [0.05, 0.1) is 10.5 Å². The van der Waals surface area contributed by atoms with E-state index >= 15 is 0 Å². The molecular weight excluding hydrogens is 213 g/mol. The van der Waals surface area contributed by atoms with Gasteiger partial charge in [-0.3, -0.25) is 0 Å². The summed E-state index contributed by atoms with van der Waals surface area (Å²) in [6.45, 7) is 5.98. The largest absolute Gasteiger partial charge is 0.350 e. The quantitative estimate of drug-likeness (QED) is 0.632. The first kappa shape index (κ1) is 12.1. The van der Waals surface area contributed by atoms with Crippen LogP contribution in [0.25, 0.3) is 10.9 Å². The van der Waals surface area contributed by atoms with Crippen molar-refractivity contribution >= 4 is 22.5 Å². The second-order valence-corrected chi connectivity index (χ2v) is 3.61. The smallest absolute Gasteiger partial charge is 0.143 e. The van der Waals surface area contributed by atoms with Crippen LogP contribution in [0.2, 0.25) is 5.02 Å². The molecule has 1 heterocycles. The maximum atomic E-state index is 13.1. The van der Waals surface area contributed by atoms with E-state index in [-0.39, 0.29) is 10.8 Å². The molecule has 1 nitrogen and oxygen atoms in total. The molecule has 1 aromatic carbocycles. The zero-order chi connectivity index (χ0) is 11.6. The molecular formula is C12H15ClFN. The van der Waals surface area contributed by atoms with E-state index in [9.17, 15) is 4.39 Å². The maximum absolute atomic E-state index is 13.1. The number of rotatable bonds is 0. The highest BCUT2D eigenvalue weighted by Crippen LogP contribution is 2.25. The lowest BCUT2D eigenvalue weighted by Crippen LogP contribution is -1.85. The van der Waals surface area contributed by atoms with Crippen molar-refractivity contribution in [1.29, 1.82) is 0 Å². The third-order valence-electron chi connectivity index (χ3n) is 2.23. The Kier molecular flexibility index (Phi) is 3.75. The molecule has 0 atom stereocenters. The predicted molar refractivity (Wildman–Crippen MR) is 64.0 cm³/mol. The Morgan fingerprint density at radius 1 is 1.27 bits per heavy atom. The molecule has 0 aliphatic rings. The highest BCUT2D eigenvalue weighted by atomic mass is 35.5. The number of halogens is 2. The number of hydrogen-bond acceptors (Lipinski definition) is 0. The molecule has 15 heavy (non-hydrogen) atoms. The fraction of sp³-hybridized carbons (Fsp3) is 0.333. The summed E-state index contributed by atoms with van der Waals surface area (Å²) in [7, 11) is 1.89. The Balaban J connectivity index is 0.000000531. The zero-order valence-electron chi connectivity index (χ0n) is 9.44. The van der Waals surface area contributed by atoms with Gasteiger partial charge in [0.2, 0.25) is 0 Å². The van der Waals surface area contributed by atoms with E-state index in [4.69, 9.17) is 11.6 Å². The normalized spacial score (nSPS) is 10.0. The van der Waals surface area contributed by atoms with E-state index in [0.29, 0.717) is 0 Å². The van der Waals surface area contributed by atoms with Gasteiger partial charge < -0.3 is 4.57 Å². The molecule has 1 aromatic heterocycles. The monoisotopic (exact) mass is 227 g/mol. The zero-order valence-corrected chi connectivity index (χ0v) is 10.2. The van der Waals surface area contributed by atoms with E-state index in [1.165, 1.54) is 6.07 Å². The Morgan fingerprint density at radius 3 is 2.47 bits per heavy atom. The average molecular weight is 228 g/mol. The van der Waals surface area contributed by atoms with Gasteiger partial charge in [0.15, 0.2) is 0 Å². The van der Waals surface area contributed by atoms with Crippen LogP contribution in [0, 0.1) is 12.7 Å². The van der Waals surface area contributed by atoms with Crippen molar-refractivity contribution in [1.82, 2.24) is 4.57 Å².